The van der Waals surface area contributed by atoms with E-state index in [9.17, 15) is 0 Å². The number of thioether (sulfide) groups is 1. The number of hydrogen-bond donors (Lipinski definition) is 1. The van der Waals surface area contributed by atoms with Gasteiger partial charge >= 0.3 is 0 Å². The van der Waals surface area contributed by atoms with Crippen LogP contribution in [0.1, 0.15) is 26.2 Å². The van der Waals surface area contributed by atoms with Gasteiger partial charge in [0.05, 0.1) is 18.8 Å². The zero-order valence-corrected chi connectivity index (χ0v) is 10.1. The fraction of sp³-hybridized carbons (Fsp3) is 1.00. The number of aliphatic hydroxyl groups is 1. The fourth-order valence-electron chi connectivity index (χ4n) is 2.33. The third-order valence-electron chi connectivity index (χ3n) is 3.20. The van der Waals surface area contributed by atoms with Gasteiger partial charge in [-0.3, -0.25) is 0 Å². The number of rotatable bonds is 3. The van der Waals surface area contributed by atoms with Crippen molar-refractivity contribution in [1.82, 2.24) is 0 Å². The quantitative estimate of drug-likeness (QED) is 0.799. The van der Waals surface area contributed by atoms with Crippen LogP contribution in [0.5, 0.6) is 0 Å². The lowest BCUT2D eigenvalue weighted by Gasteiger charge is -2.37. The molecular formula is C11H20O3S. The average Bonchev–Trinajstić information content (AvgIpc) is 2.66. The summed E-state index contributed by atoms with van der Waals surface area (Å²) in [6.45, 7) is 4.80. The van der Waals surface area contributed by atoms with Crippen LogP contribution in [0, 0.1) is 0 Å². The van der Waals surface area contributed by atoms with Crippen LogP contribution in [0.25, 0.3) is 0 Å². The summed E-state index contributed by atoms with van der Waals surface area (Å²) in [5.74, 6) is 0. The number of ether oxygens (including phenoxy) is 2. The molecule has 1 spiro atoms. The van der Waals surface area contributed by atoms with Gasteiger partial charge in [0.25, 0.3) is 0 Å². The summed E-state index contributed by atoms with van der Waals surface area (Å²) in [5, 5.41) is 10.0. The van der Waals surface area contributed by atoms with E-state index in [-0.39, 0.29) is 12.2 Å². The summed E-state index contributed by atoms with van der Waals surface area (Å²) < 4.78 is 11.3. The molecule has 15 heavy (non-hydrogen) atoms. The molecule has 4 heteroatoms. The minimum absolute atomic E-state index is 0.00505. The van der Waals surface area contributed by atoms with Crippen LogP contribution in [0.3, 0.4) is 0 Å². The molecular weight excluding hydrogens is 212 g/mol. The fourth-order valence-corrected chi connectivity index (χ4v) is 3.71. The first kappa shape index (κ1) is 11.7. The lowest BCUT2D eigenvalue weighted by molar-refractivity contribution is -0.0770. The van der Waals surface area contributed by atoms with E-state index in [4.69, 9.17) is 14.6 Å². The van der Waals surface area contributed by atoms with Gasteiger partial charge in [0.2, 0.25) is 0 Å². The van der Waals surface area contributed by atoms with Crippen LogP contribution in [0.2, 0.25) is 0 Å². The first-order valence-electron chi connectivity index (χ1n) is 5.72. The van der Waals surface area contributed by atoms with E-state index in [1.165, 1.54) is 0 Å². The average molecular weight is 232 g/mol. The Morgan fingerprint density at radius 2 is 2.40 bits per heavy atom. The van der Waals surface area contributed by atoms with E-state index < -0.39 is 0 Å². The predicted molar refractivity (Wildman–Crippen MR) is 61.3 cm³/mol. The molecule has 0 bridgehead atoms. The maximum Gasteiger partial charge on any atom is 0.0947 e. The Balaban J connectivity index is 1.86. The number of hydrogen-bond acceptors (Lipinski definition) is 4. The normalized spacial score (nSPS) is 38.4. The third kappa shape index (κ3) is 2.87. The summed E-state index contributed by atoms with van der Waals surface area (Å²) in [6, 6.07) is 0. The molecule has 0 amide bonds. The van der Waals surface area contributed by atoms with Gasteiger partial charge in [-0.1, -0.05) is 6.92 Å². The third-order valence-corrected chi connectivity index (χ3v) is 4.60. The summed E-state index contributed by atoms with van der Waals surface area (Å²) in [5.41, 5.74) is 0.00505. The van der Waals surface area contributed by atoms with Crippen molar-refractivity contribution >= 4 is 11.8 Å². The molecule has 0 saturated carbocycles. The van der Waals surface area contributed by atoms with E-state index in [2.05, 4.69) is 6.92 Å². The standard InChI is InChI=1S/C11H20O3S/c1-9(7-12)15-10-2-4-14-11(6-10)3-5-13-8-11/h9-10,12H,2-8H2,1H3. The van der Waals surface area contributed by atoms with Crippen molar-refractivity contribution in [1.29, 1.82) is 0 Å². The van der Waals surface area contributed by atoms with Gasteiger partial charge in [0.15, 0.2) is 0 Å². The maximum absolute atomic E-state index is 9.05. The molecule has 0 aromatic carbocycles. The van der Waals surface area contributed by atoms with Crippen LogP contribution in [-0.2, 0) is 9.47 Å². The highest BCUT2D eigenvalue weighted by molar-refractivity contribution is 8.00. The minimum Gasteiger partial charge on any atom is -0.395 e. The van der Waals surface area contributed by atoms with E-state index in [0.29, 0.717) is 10.5 Å². The van der Waals surface area contributed by atoms with Crippen LogP contribution < -0.4 is 0 Å². The molecule has 0 aromatic rings. The lowest BCUT2D eigenvalue weighted by atomic mass is 9.93. The molecule has 0 aromatic heterocycles. The SMILES string of the molecule is CC(CO)SC1CCOC2(CCOC2)C1. The van der Waals surface area contributed by atoms with Crippen molar-refractivity contribution in [3.05, 3.63) is 0 Å². The van der Waals surface area contributed by atoms with Gasteiger partial charge in [-0.15, -0.1) is 0 Å². The van der Waals surface area contributed by atoms with Crippen molar-refractivity contribution in [2.45, 2.75) is 42.3 Å². The minimum atomic E-state index is 0.00505. The molecule has 3 atom stereocenters. The summed E-state index contributed by atoms with van der Waals surface area (Å²) in [4.78, 5) is 0. The van der Waals surface area contributed by atoms with Crippen LogP contribution in [0.15, 0.2) is 0 Å². The molecule has 0 radical (unpaired) electrons. The van der Waals surface area contributed by atoms with Gasteiger partial charge in [-0.05, 0) is 12.8 Å². The zero-order chi connectivity index (χ0) is 10.7. The Morgan fingerprint density at radius 1 is 1.53 bits per heavy atom. The van der Waals surface area contributed by atoms with E-state index in [0.717, 1.165) is 39.1 Å². The second-order valence-corrected chi connectivity index (χ2v) is 6.32. The van der Waals surface area contributed by atoms with E-state index >= 15 is 0 Å². The molecule has 2 aliphatic rings. The Kier molecular flexibility index (Phi) is 3.93. The Hall–Kier alpha value is 0.230. The van der Waals surface area contributed by atoms with Crippen molar-refractivity contribution in [2.24, 2.45) is 0 Å². The highest BCUT2D eigenvalue weighted by atomic mass is 32.2. The van der Waals surface area contributed by atoms with Gasteiger partial charge < -0.3 is 14.6 Å². The molecule has 2 saturated heterocycles. The second kappa shape index (κ2) is 5.04. The Labute approximate surface area is 95.5 Å². The largest absolute Gasteiger partial charge is 0.395 e. The lowest BCUT2D eigenvalue weighted by Crippen LogP contribution is -2.41. The monoisotopic (exact) mass is 232 g/mol. The van der Waals surface area contributed by atoms with Gasteiger partial charge in [0.1, 0.15) is 0 Å². The molecule has 2 aliphatic heterocycles. The summed E-state index contributed by atoms with van der Waals surface area (Å²) in [7, 11) is 0. The van der Waals surface area contributed by atoms with Crippen LogP contribution in [0.4, 0.5) is 0 Å². The predicted octanol–water partition coefficient (Wildman–Crippen LogP) is 1.44. The Bertz CT molecular complexity index is 204. The first-order chi connectivity index (χ1) is 7.24. The van der Waals surface area contributed by atoms with E-state index in [1.807, 2.05) is 11.8 Å². The highest BCUT2D eigenvalue weighted by Crippen LogP contribution is 2.38. The molecule has 2 rings (SSSR count). The molecule has 1 N–H and O–H groups in total. The Morgan fingerprint density at radius 3 is 3.07 bits per heavy atom. The van der Waals surface area contributed by atoms with Gasteiger partial charge in [-0.25, -0.2) is 0 Å². The van der Waals surface area contributed by atoms with Crippen LogP contribution in [-0.4, -0.2) is 47.6 Å². The van der Waals surface area contributed by atoms with Crippen molar-refractivity contribution in [3.8, 4) is 0 Å². The van der Waals surface area contributed by atoms with E-state index in [1.54, 1.807) is 0 Å². The molecule has 2 heterocycles. The van der Waals surface area contributed by atoms with Gasteiger partial charge in [-0.2, -0.15) is 11.8 Å². The van der Waals surface area contributed by atoms with Crippen LogP contribution >= 0.6 is 11.8 Å². The number of aliphatic hydroxyl groups excluding tert-OH is 1. The molecule has 3 unspecified atom stereocenters. The first-order valence-corrected chi connectivity index (χ1v) is 6.66. The van der Waals surface area contributed by atoms with Crippen molar-refractivity contribution < 1.29 is 14.6 Å². The maximum atomic E-state index is 9.05. The molecule has 88 valence electrons. The molecule has 0 aliphatic carbocycles. The summed E-state index contributed by atoms with van der Waals surface area (Å²) in [6.07, 6.45) is 3.23. The second-order valence-electron chi connectivity index (χ2n) is 4.58. The van der Waals surface area contributed by atoms with Crippen molar-refractivity contribution in [3.63, 3.8) is 0 Å². The summed E-state index contributed by atoms with van der Waals surface area (Å²) >= 11 is 1.90. The van der Waals surface area contributed by atoms with Crippen molar-refractivity contribution in [2.75, 3.05) is 26.4 Å². The smallest absolute Gasteiger partial charge is 0.0947 e. The highest BCUT2D eigenvalue weighted by Gasteiger charge is 2.41. The zero-order valence-electron chi connectivity index (χ0n) is 9.28. The topological polar surface area (TPSA) is 38.7 Å². The molecule has 2 fully saturated rings. The van der Waals surface area contributed by atoms with Gasteiger partial charge in [0, 0.05) is 30.1 Å². The molecule has 3 nitrogen and oxygen atoms in total.